The third-order valence-electron chi connectivity index (χ3n) is 5.56. The average molecular weight is 422 g/mol. The van der Waals surface area contributed by atoms with Crippen LogP contribution in [0.4, 0.5) is 10.1 Å². The van der Waals surface area contributed by atoms with Crippen LogP contribution in [0.2, 0.25) is 0 Å². The van der Waals surface area contributed by atoms with Gasteiger partial charge in [0.25, 0.3) is 5.91 Å². The standard InChI is InChI=1S/C20H21BrFNO3/c1-11-5-6-14(7-11)26-18-10-17(16(22)9-15(18)21)23-19(24)12-3-2-4-13(8-12)20(23)25/h8-12,14H,2-7H2,1H3. The second-order valence-corrected chi connectivity index (χ2v) is 8.42. The zero-order chi connectivity index (χ0) is 18.4. The van der Waals surface area contributed by atoms with Gasteiger partial charge in [-0.15, -0.1) is 0 Å². The molecule has 3 unspecified atom stereocenters. The lowest BCUT2D eigenvalue weighted by molar-refractivity contribution is -0.128. The van der Waals surface area contributed by atoms with Gasteiger partial charge in [-0.25, -0.2) is 9.29 Å². The zero-order valence-corrected chi connectivity index (χ0v) is 16.2. The number of carbonyl (C=O) groups excluding carboxylic acids is 2. The number of carbonyl (C=O) groups is 2. The van der Waals surface area contributed by atoms with Crippen LogP contribution >= 0.6 is 15.9 Å². The number of imide groups is 1. The molecule has 1 aromatic rings. The summed E-state index contributed by atoms with van der Waals surface area (Å²) in [6, 6.07) is 2.77. The van der Waals surface area contributed by atoms with Gasteiger partial charge in [-0.1, -0.05) is 13.0 Å². The SMILES string of the molecule is CC1CCC(Oc2cc(N3C(=O)C4=CC(CCC4)C3=O)c(F)cc2Br)C1. The Morgan fingerprint density at radius 2 is 2.04 bits per heavy atom. The summed E-state index contributed by atoms with van der Waals surface area (Å²) in [5.74, 6) is -0.611. The highest BCUT2D eigenvalue weighted by Gasteiger charge is 2.39. The van der Waals surface area contributed by atoms with E-state index in [4.69, 9.17) is 4.74 Å². The van der Waals surface area contributed by atoms with Crippen molar-refractivity contribution in [1.82, 2.24) is 0 Å². The van der Waals surface area contributed by atoms with Gasteiger partial charge in [-0.3, -0.25) is 9.59 Å². The van der Waals surface area contributed by atoms with Gasteiger partial charge in [0.1, 0.15) is 11.6 Å². The van der Waals surface area contributed by atoms with E-state index in [-0.39, 0.29) is 23.6 Å². The fraction of sp³-hybridized carbons (Fsp3) is 0.500. The quantitative estimate of drug-likeness (QED) is 0.661. The number of anilines is 1. The minimum atomic E-state index is -0.605. The number of ether oxygens (including phenoxy) is 1. The van der Waals surface area contributed by atoms with E-state index in [0.717, 1.165) is 30.6 Å². The van der Waals surface area contributed by atoms with Crippen molar-refractivity contribution in [3.8, 4) is 5.75 Å². The number of amides is 2. The number of rotatable bonds is 3. The Kier molecular flexibility index (Phi) is 4.63. The lowest BCUT2D eigenvalue weighted by Gasteiger charge is -2.33. The molecule has 4 rings (SSSR count). The maximum atomic E-state index is 14.7. The summed E-state index contributed by atoms with van der Waals surface area (Å²) in [4.78, 5) is 26.4. The molecule has 1 heterocycles. The smallest absolute Gasteiger partial charge is 0.260 e. The highest BCUT2D eigenvalue weighted by atomic mass is 79.9. The van der Waals surface area contributed by atoms with Crippen molar-refractivity contribution >= 4 is 33.4 Å². The van der Waals surface area contributed by atoms with Crippen molar-refractivity contribution in [3.05, 3.63) is 34.1 Å². The zero-order valence-electron chi connectivity index (χ0n) is 14.6. The third kappa shape index (κ3) is 3.08. The van der Waals surface area contributed by atoms with Gasteiger partial charge < -0.3 is 4.74 Å². The number of benzene rings is 1. The van der Waals surface area contributed by atoms with Gasteiger partial charge in [0.15, 0.2) is 0 Å². The topological polar surface area (TPSA) is 46.6 Å². The Bertz CT molecular complexity index is 806. The monoisotopic (exact) mass is 421 g/mol. The third-order valence-corrected chi connectivity index (χ3v) is 6.18. The maximum Gasteiger partial charge on any atom is 0.260 e. The van der Waals surface area contributed by atoms with Gasteiger partial charge in [0, 0.05) is 11.6 Å². The van der Waals surface area contributed by atoms with Crippen LogP contribution in [0.5, 0.6) is 5.75 Å². The van der Waals surface area contributed by atoms with Crippen molar-refractivity contribution in [2.75, 3.05) is 4.90 Å². The molecule has 0 spiro atoms. The number of hydrogen-bond donors (Lipinski definition) is 0. The Balaban J connectivity index is 1.68. The van der Waals surface area contributed by atoms with E-state index in [9.17, 15) is 14.0 Å². The minimum absolute atomic E-state index is 0.0123. The summed E-state index contributed by atoms with van der Waals surface area (Å²) >= 11 is 3.34. The van der Waals surface area contributed by atoms with Crippen LogP contribution in [0.1, 0.15) is 45.4 Å². The van der Waals surface area contributed by atoms with Crippen molar-refractivity contribution in [2.24, 2.45) is 11.8 Å². The molecule has 2 amide bonds. The Labute approximate surface area is 160 Å². The molecule has 26 heavy (non-hydrogen) atoms. The summed E-state index contributed by atoms with van der Waals surface area (Å²) in [6.45, 7) is 2.19. The van der Waals surface area contributed by atoms with E-state index < -0.39 is 11.7 Å². The summed E-state index contributed by atoms with van der Waals surface area (Å²) in [5, 5.41) is 0. The average Bonchev–Trinajstić information content (AvgIpc) is 3.02. The summed E-state index contributed by atoms with van der Waals surface area (Å²) in [6.07, 6.45) is 7.00. The molecule has 0 saturated heterocycles. The predicted molar refractivity (Wildman–Crippen MR) is 99.4 cm³/mol. The molecular formula is C20H21BrFNO3. The van der Waals surface area contributed by atoms with Crippen LogP contribution in [0, 0.1) is 17.7 Å². The molecule has 3 aliphatic rings. The van der Waals surface area contributed by atoms with Crippen LogP contribution in [-0.2, 0) is 9.59 Å². The lowest BCUT2D eigenvalue weighted by Crippen LogP contribution is -2.46. The van der Waals surface area contributed by atoms with E-state index in [0.29, 0.717) is 34.6 Å². The number of halogens is 2. The highest BCUT2D eigenvalue weighted by Crippen LogP contribution is 2.39. The normalized spacial score (nSPS) is 28.3. The van der Waals surface area contributed by atoms with E-state index >= 15 is 0 Å². The van der Waals surface area contributed by atoms with E-state index in [1.807, 2.05) is 0 Å². The summed E-state index contributed by atoms with van der Waals surface area (Å²) in [5.41, 5.74) is 0.594. The molecule has 0 radical (unpaired) electrons. The maximum absolute atomic E-state index is 14.7. The highest BCUT2D eigenvalue weighted by molar-refractivity contribution is 9.10. The molecule has 138 valence electrons. The molecule has 2 aliphatic carbocycles. The van der Waals surface area contributed by atoms with E-state index in [1.54, 1.807) is 6.08 Å². The molecule has 3 atom stereocenters. The van der Waals surface area contributed by atoms with Gasteiger partial charge in [-0.2, -0.15) is 0 Å². The van der Waals surface area contributed by atoms with Crippen molar-refractivity contribution in [1.29, 1.82) is 0 Å². The Morgan fingerprint density at radius 1 is 1.23 bits per heavy atom. The van der Waals surface area contributed by atoms with Crippen LogP contribution in [0.15, 0.2) is 28.3 Å². The van der Waals surface area contributed by atoms with Crippen LogP contribution in [0.3, 0.4) is 0 Å². The van der Waals surface area contributed by atoms with Crippen molar-refractivity contribution in [3.63, 3.8) is 0 Å². The minimum Gasteiger partial charge on any atom is -0.489 e. The molecule has 1 aliphatic heterocycles. The molecule has 4 nitrogen and oxygen atoms in total. The van der Waals surface area contributed by atoms with Crippen LogP contribution in [0.25, 0.3) is 0 Å². The fourth-order valence-corrected chi connectivity index (χ4v) is 4.56. The second kappa shape index (κ2) is 6.80. The van der Waals surface area contributed by atoms with Gasteiger partial charge in [0.2, 0.25) is 5.91 Å². The summed E-state index contributed by atoms with van der Waals surface area (Å²) in [7, 11) is 0. The molecule has 6 heteroatoms. The Morgan fingerprint density at radius 3 is 2.77 bits per heavy atom. The summed E-state index contributed by atoms with van der Waals surface area (Å²) < 4.78 is 21.2. The fourth-order valence-electron chi connectivity index (χ4n) is 4.15. The first-order valence-corrected chi connectivity index (χ1v) is 9.98. The molecule has 1 saturated carbocycles. The molecule has 2 bridgehead atoms. The number of fused-ring (bicyclic) bond motifs is 1. The predicted octanol–water partition coefficient (Wildman–Crippen LogP) is 4.76. The number of nitrogens with zero attached hydrogens (tertiary/aromatic N) is 1. The van der Waals surface area contributed by atoms with Crippen LogP contribution < -0.4 is 9.64 Å². The van der Waals surface area contributed by atoms with Gasteiger partial charge >= 0.3 is 0 Å². The largest absolute Gasteiger partial charge is 0.489 e. The van der Waals surface area contributed by atoms with Crippen molar-refractivity contribution < 1.29 is 18.7 Å². The van der Waals surface area contributed by atoms with E-state index in [2.05, 4.69) is 22.9 Å². The Hall–Kier alpha value is -1.69. The first-order valence-electron chi connectivity index (χ1n) is 9.18. The van der Waals surface area contributed by atoms with Crippen LogP contribution in [-0.4, -0.2) is 17.9 Å². The lowest BCUT2D eigenvalue weighted by atomic mass is 9.85. The first kappa shape index (κ1) is 17.7. The molecule has 1 fully saturated rings. The molecule has 0 N–H and O–H groups in total. The van der Waals surface area contributed by atoms with E-state index in [1.165, 1.54) is 12.1 Å². The number of hydrogen-bond acceptors (Lipinski definition) is 3. The first-order chi connectivity index (χ1) is 12.4. The molecule has 0 aromatic heterocycles. The van der Waals surface area contributed by atoms with Gasteiger partial charge in [0.05, 0.1) is 22.2 Å². The molecular weight excluding hydrogens is 401 g/mol. The van der Waals surface area contributed by atoms with Gasteiger partial charge in [-0.05, 0) is 66.4 Å². The van der Waals surface area contributed by atoms with Crippen molar-refractivity contribution in [2.45, 2.75) is 51.6 Å². The second-order valence-electron chi connectivity index (χ2n) is 7.56. The molecule has 1 aromatic carbocycles.